The van der Waals surface area contributed by atoms with Crippen molar-refractivity contribution in [2.24, 2.45) is 11.7 Å². The molecule has 3 N–H and O–H groups in total. The van der Waals surface area contributed by atoms with E-state index in [1.807, 2.05) is 0 Å². The van der Waals surface area contributed by atoms with Crippen LogP contribution in [0.5, 0.6) is 0 Å². The first-order valence-electron chi connectivity index (χ1n) is 6.60. The summed E-state index contributed by atoms with van der Waals surface area (Å²) in [5, 5.41) is 2.65. The van der Waals surface area contributed by atoms with Gasteiger partial charge in [-0.25, -0.2) is 8.42 Å². The SMILES string of the molecule is CC(CN)C(=O)NCC(C)(C)S(=O)(=O)c1ccc(Br)cc1. The third kappa shape index (κ3) is 4.28. The van der Waals surface area contributed by atoms with Crippen LogP contribution in [-0.2, 0) is 14.6 Å². The molecule has 1 amide bonds. The van der Waals surface area contributed by atoms with Gasteiger partial charge in [0.25, 0.3) is 0 Å². The molecule has 0 saturated carbocycles. The highest BCUT2D eigenvalue weighted by Crippen LogP contribution is 2.26. The lowest BCUT2D eigenvalue weighted by atomic mass is 10.1. The molecule has 1 atom stereocenters. The quantitative estimate of drug-likeness (QED) is 0.790. The summed E-state index contributed by atoms with van der Waals surface area (Å²) in [4.78, 5) is 12.0. The van der Waals surface area contributed by atoms with Crippen molar-refractivity contribution in [1.29, 1.82) is 0 Å². The number of amides is 1. The minimum absolute atomic E-state index is 0.0363. The minimum Gasteiger partial charge on any atom is -0.354 e. The Hall–Kier alpha value is -0.920. The number of nitrogens with one attached hydrogen (secondary N) is 1. The van der Waals surface area contributed by atoms with E-state index in [1.54, 1.807) is 45.0 Å². The Morgan fingerprint density at radius 3 is 2.33 bits per heavy atom. The summed E-state index contributed by atoms with van der Waals surface area (Å²) in [6.45, 7) is 5.15. The van der Waals surface area contributed by atoms with E-state index in [-0.39, 0.29) is 29.8 Å². The number of rotatable bonds is 6. The van der Waals surface area contributed by atoms with Crippen LogP contribution in [0, 0.1) is 5.92 Å². The Bertz CT molecular complexity index is 597. The second-order valence-corrected chi connectivity index (χ2v) is 9.07. The van der Waals surface area contributed by atoms with Gasteiger partial charge in [-0.2, -0.15) is 0 Å². The zero-order valence-corrected chi connectivity index (χ0v) is 14.8. The molecule has 21 heavy (non-hydrogen) atoms. The van der Waals surface area contributed by atoms with Crippen molar-refractivity contribution in [3.63, 3.8) is 0 Å². The third-order valence-corrected chi connectivity index (χ3v) is 6.36. The van der Waals surface area contributed by atoms with Gasteiger partial charge in [-0.3, -0.25) is 4.79 Å². The lowest BCUT2D eigenvalue weighted by Crippen LogP contribution is -2.46. The molecule has 1 aromatic carbocycles. The number of benzene rings is 1. The maximum absolute atomic E-state index is 12.6. The fourth-order valence-electron chi connectivity index (χ4n) is 1.61. The number of carbonyl (C=O) groups is 1. The van der Waals surface area contributed by atoms with E-state index < -0.39 is 14.6 Å². The Kier molecular flexibility index (Phi) is 5.95. The van der Waals surface area contributed by atoms with Gasteiger partial charge >= 0.3 is 0 Å². The average molecular weight is 377 g/mol. The first-order valence-corrected chi connectivity index (χ1v) is 8.87. The highest BCUT2D eigenvalue weighted by molar-refractivity contribution is 9.10. The van der Waals surface area contributed by atoms with Crippen LogP contribution in [-0.4, -0.2) is 32.2 Å². The minimum atomic E-state index is -3.55. The number of hydrogen-bond donors (Lipinski definition) is 2. The molecule has 0 aliphatic carbocycles. The van der Waals surface area contributed by atoms with Gasteiger partial charge in [-0.15, -0.1) is 0 Å². The zero-order chi connectivity index (χ0) is 16.3. The maximum Gasteiger partial charge on any atom is 0.224 e. The average Bonchev–Trinajstić information content (AvgIpc) is 2.44. The van der Waals surface area contributed by atoms with Gasteiger partial charge in [0.2, 0.25) is 5.91 Å². The summed E-state index contributed by atoms with van der Waals surface area (Å²) in [6, 6.07) is 6.45. The highest BCUT2D eigenvalue weighted by Gasteiger charge is 2.36. The normalized spacial score (nSPS) is 13.8. The first kappa shape index (κ1) is 18.1. The van der Waals surface area contributed by atoms with E-state index in [1.165, 1.54) is 0 Å². The molecule has 0 heterocycles. The van der Waals surface area contributed by atoms with Crippen LogP contribution in [0.3, 0.4) is 0 Å². The molecule has 7 heteroatoms. The lowest BCUT2D eigenvalue weighted by Gasteiger charge is -2.26. The summed E-state index contributed by atoms with van der Waals surface area (Å²) in [7, 11) is -3.55. The fraction of sp³-hybridized carbons (Fsp3) is 0.500. The molecule has 1 aromatic rings. The molecule has 1 unspecified atom stereocenters. The number of sulfone groups is 1. The fourth-order valence-corrected chi connectivity index (χ4v) is 3.27. The van der Waals surface area contributed by atoms with Crippen molar-refractivity contribution in [1.82, 2.24) is 5.32 Å². The van der Waals surface area contributed by atoms with E-state index in [4.69, 9.17) is 5.73 Å². The molecular formula is C14H21BrN2O3S. The topological polar surface area (TPSA) is 89.3 Å². The molecule has 0 spiro atoms. The van der Waals surface area contributed by atoms with Gasteiger partial charge in [-0.1, -0.05) is 22.9 Å². The van der Waals surface area contributed by atoms with Crippen LogP contribution in [0.2, 0.25) is 0 Å². The van der Waals surface area contributed by atoms with Crippen molar-refractivity contribution in [3.05, 3.63) is 28.7 Å². The zero-order valence-electron chi connectivity index (χ0n) is 12.4. The van der Waals surface area contributed by atoms with Gasteiger partial charge < -0.3 is 11.1 Å². The van der Waals surface area contributed by atoms with Gasteiger partial charge in [0.15, 0.2) is 9.84 Å². The van der Waals surface area contributed by atoms with Gasteiger partial charge in [0.05, 0.1) is 9.64 Å². The van der Waals surface area contributed by atoms with Gasteiger partial charge in [0.1, 0.15) is 0 Å². The Morgan fingerprint density at radius 1 is 1.33 bits per heavy atom. The maximum atomic E-state index is 12.6. The molecule has 0 aliphatic heterocycles. The predicted octanol–water partition coefficient (Wildman–Crippen LogP) is 1.71. The first-order chi connectivity index (χ1) is 9.61. The number of nitrogens with two attached hydrogens (primary N) is 1. The summed E-state index contributed by atoms with van der Waals surface area (Å²) >= 11 is 3.27. The van der Waals surface area contributed by atoms with Crippen molar-refractivity contribution >= 4 is 31.7 Å². The third-order valence-electron chi connectivity index (χ3n) is 3.34. The van der Waals surface area contributed by atoms with E-state index in [0.29, 0.717) is 0 Å². The summed E-state index contributed by atoms with van der Waals surface area (Å²) in [5.74, 6) is -0.576. The molecular weight excluding hydrogens is 356 g/mol. The predicted molar refractivity (Wildman–Crippen MR) is 86.6 cm³/mol. The number of halogens is 1. The molecule has 0 aliphatic rings. The molecule has 0 aromatic heterocycles. The smallest absolute Gasteiger partial charge is 0.224 e. The molecule has 0 radical (unpaired) electrons. The van der Waals surface area contributed by atoms with Crippen LogP contribution in [0.1, 0.15) is 20.8 Å². The van der Waals surface area contributed by atoms with Gasteiger partial charge in [-0.05, 0) is 38.1 Å². The Balaban J connectivity index is 2.90. The number of hydrogen-bond acceptors (Lipinski definition) is 4. The second kappa shape index (κ2) is 6.89. The van der Waals surface area contributed by atoms with Crippen LogP contribution >= 0.6 is 15.9 Å². The summed E-state index contributed by atoms with van der Waals surface area (Å²) in [6.07, 6.45) is 0. The summed E-state index contributed by atoms with van der Waals surface area (Å²) < 4.78 is 25.0. The Morgan fingerprint density at radius 2 is 1.86 bits per heavy atom. The van der Waals surface area contributed by atoms with Crippen molar-refractivity contribution in [3.8, 4) is 0 Å². The molecule has 5 nitrogen and oxygen atoms in total. The van der Waals surface area contributed by atoms with Crippen LogP contribution in [0.25, 0.3) is 0 Å². The van der Waals surface area contributed by atoms with E-state index >= 15 is 0 Å². The molecule has 1 rings (SSSR count). The van der Waals surface area contributed by atoms with Crippen molar-refractivity contribution in [2.75, 3.05) is 13.1 Å². The number of carbonyl (C=O) groups excluding carboxylic acids is 1. The van der Waals surface area contributed by atoms with Crippen molar-refractivity contribution in [2.45, 2.75) is 30.4 Å². The molecule has 0 fully saturated rings. The second-order valence-electron chi connectivity index (χ2n) is 5.57. The van der Waals surface area contributed by atoms with E-state index in [9.17, 15) is 13.2 Å². The standard InChI is InChI=1S/C14H21BrN2O3S/c1-10(8-16)13(18)17-9-14(2,3)21(19,20)12-6-4-11(15)5-7-12/h4-7,10H,8-9,16H2,1-3H3,(H,17,18). The summed E-state index contributed by atoms with van der Waals surface area (Å²) in [5.41, 5.74) is 5.42. The Labute approximate surface area is 134 Å². The van der Waals surface area contributed by atoms with Gasteiger partial charge in [0, 0.05) is 23.5 Å². The van der Waals surface area contributed by atoms with Crippen LogP contribution in [0.4, 0.5) is 0 Å². The van der Waals surface area contributed by atoms with E-state index in [0.717, 1.165) is 4.47 Å². The molecule has 0 saturated heterocycles. The lowest BCUT2D eigenvalue weighted by molar-refractivity contribution is -0.124. The largest absolute Gasteiger partial charge is 0.354 e. The molecule has 0 bridgehead atoms. The highest BCUT2D eigenvalue weighted by atomic mass is 79.9. The van der Waals surface area contributed by atoms with Crippen LogP contribution < -0.4 is 11.1 Å². The van der Waals surface area contributed by atoms with Crippen molar-refractivity contribution < 1.29 is 13.2 Å². The molecule has 118 valence electrons. The monoisotopic (exact) mass is 376 g/mol. The van der Waals surface area contributed by atoms with Crippen LogP contribution in [0.15, 0.2) is 33.6 Å². The van der Waals surface area contributed by atoms with E-state index in [2.05, 4.69) is 21.2 Å².